The highest BCUT2D eigenvalue weighted by Gasteiger charge is 2.20. The van der Waals surface area contributed by atoms with E-state index in [0.717, 1.165) is 0 Å². The van der Waals surface area contributed by atoms with Crippen molar-refractivity contribution in [3.05, 3.63) is 70.8 Å². The van der Waals surface area contributed by atoms with E-state index in [2.05, 4.69) is 79.5 Å². The molecule has 2 nitrogen and oxygen atoms in total. The SMILES string of the molecule is CC(C)(C)c1ccc(C2N=NCc3ccccc32)cc1. The summed E-state index contributed by atoms with van der Waals surface area (Å²) >= 11 is 0. The lowest BCUT2D eigenvalue weighted by atomic mass is 9.85. The third-order valence-corrected chi connectivity index (χ3v) is 3.88. The summed E-state index contributed by atoms with van der Waals surface area (Å²) in [5.74, 6) is 0. The molecule has 2 heteroatoms. The lowest BCUT2D eigenvalue weighted by molar-refractivity contribution is 0.589. The van der Waals surface area contributed by atoms with Gasteiger partial charge in [0.1, 0.15) is 6.04 Å². The predicted octanol–water partition coefficient (Wildman–Crippen LogP) is 5.04. The summed E-state index contributed by atoms with van der Waals surface area (Å²) in [5.41, 5.74) is 5.32. The van der Waals surface area contributed by atoms with Gasteiger partial charge in [0.25, 0.3) is 0 Å². The smallest absolute Gasteiger partial charge is 0.121 e. The van der Waals surface area contributed by atoms with E-state index in [4.69, 9.17) is 0 Å². The average Bonchev–Trinajstić information content (AvgIpc) is 2.46. The summed E-state index contributed by atoms with van der Waals surface area (Å²) in [6.45, 7) is 7.40. The molecule has 0 N–H and O–H groups in total. The van der Waals surface area contributed by atoms with E-state index < -0.39 is 0 Å². The van der Waals surface area contributed by atoms with Crippen molar-refractivity contribution in [1.82, 2.24) is 0 Å². The molecule has 0 fully saturated rings. The molecule has 0 radical (unpaired) electrons. The first kappa shape index (κ1) is 13.0. The summed E-state index contributed by atoms with van der Waals surface area (Å²) in [4.78, 5) is 0. The Balaban J connectivity index is 1.97. The van der Waals surface area contributed by atoms with Crippen molar-refractivity contribution in [3.8, 4) is 0 Å². The van der Waals surface area contributed by atoms with Gasteiger partial charge in [-0.1, -0.05) is 69.3 Å². The minimum atomic E-state index is 0.0500. The number of hydrogen-bond donors (Lipinski definition) is 0. The number of fused-ring (bicyclic) bond motifs is 1. The van der Waals surface area contributed by atoms with Crippen molar-refractivity contribution < 1.29 is 0 Å². The van der Waals surface area contributed by atoms with Crippen LogP contribution in [-0.4, -0.2) is 0 Å². The molecule has 0 bridgehead atoms. The van der Waals surface area contributed by atoms with Crippen molar-refractivity contribution >= 4 is 0 Å². The Morgan fingerprint density at radius 1 is 0.950 bits per heavy atom. The van der Waals surface area contributed by atoms with Gasteiger partial charge in [-0.05, 0) is 27.7 Å². The van der Waals surface area contributed by atoms with Crippen LogP contribution in [0.25, 0.3) is 0 Å². The van der Waals surface area contributed by atoms with Crippen LogP contribution in [0.2, 0.25) is 0 Å². The Kier molecular flexibility index (Phi) is 3.17. The maximum Gasteiger partial charge on any atom is 0.121 e. The van der Waals surface area contributed by atoms with Crippen LogP contribution in [0, 0.1) is 0 Å². The minimum Gasteiger partial charge on any atom is -0.188 e. The van der Waals surface area contributed by atoms with Crippen LogP contribution in [-0.2, 0) is 12.0 Å². The molecule has 1 unspecified atom stereocenters. The summed E-state index contributed by atoms with van der Waals surface area (Å²) in [6.07, 6.45) is 0. The standard InChI is InChI=1S/C18H20N2/c1-18(2,3)15-10-8-13(9-11-15)17-16-7-5-4-6-14(16)12-19-20-17/h4-11,17H,12H2,1-3H3. The molecule has 2 aromatic rings. The molecule has 0 saturated carbocycles. The van der Waals surface area contributed by atoms with Crippen molar-refractivity contribution in [2.45, 2.75) is 38.8 Å². The maximum absolute atomic E-state index is 4.46. The zero-order valence-corrected chi connectivity index (χ0v) is 12.3. The van der Waals surface area contributed by atoms with Gasteiger partial charge in [0, 0.05) is 0 Å². The summed E-state index contributed by atoms with van der Waals surface area (Å²) in [7, 11) is 0. The van der Waals surface area contributed by atoms with E-state index in [-0.39, 0.29) is 11.5 Å². The summed E-state index contributed by atoms with van der Waals surface area (Å²) in [5, 5.41) is 8.73. The fraction of sp³-hybridized carbons (Fsp3) is 0.333. The van der Waals surface area contributed by atoms with Gasteiger partial charge in [-0.2, -0.15) is 10.2 Å². The molecule has 1 heterocycles. The quantitative estimate of drug-likeness (QED) is 0.689. The zero-order chi connectivity index (χ0) is 14.2. The molecule has 1 aliphatic rings. The van der Waals surface area contributed by atoms with Crippen LogP contribution in [0.5, 0.6) is 0 Å². The number of rotatable bonds is 1. The van der Waals surface area contributed by atoms with Gasteiger partial charge in [0.05, 0.1) is 6.54 Å². The molecule has 0 amide bonds. The normalized spacial score (nSPS) is 17.9. The van der Waals surface area contributed by atoms with Gasteiger partial charge in [0.2, 0.25) is 0 Å². The number of nitrogens with zero attached hydrogens (tertiary/aromatic N) is 2. The van der Waals surface area contributed by atoms with E-state index in [1.165, 1.54) is 22.3 Å². The monoisotopic (exact) mass is 264 g/mol. The Morgan fingerprint density at radius 2 is 1.65 bits per heavy atom. The molecule has 2 aromatic carbocycles. The fourth-order valence-corrected chi connectivity index (χ4v) is 2.62. The van der Waals surface area contributed by atoms with E-state index in [1.807, 2.05) is 0 Å². The lowest BCUT2D eigenvalue weighted by Gasteiger charge is -2.22. The molecule has 3 rings (SSSR count). The molecule has 102 valence electrons. The highest BCUT2D eigenvalue weighted by atomic mass is 15.1. The third-order valence-electron chi connectivity index (χ3n) is 3.88. The maximum atomic E-state index is 4.46. The first-order valence-electron chi connectivity index (χ1n) is 7.10. The first-order chi connectivity index (χ1) is 9.55. The second kappa shape index (κ2) is 4.86. The Morgan fingerprint density at radius 3 is 2.35 bits per heavy atom. The van der Waals surface area contributed by atoms with Gasteiger partial charge in [0.15, 0.2) is 0 Å². The van der Waals surface area contributed by atoms with Crippen molar-refractivity contribution in [3.63, 3.8) is 0 Å². The molecule has 0 saturated heterocycles. The van der Waals surface area contributed by atoms with E-state index in [9.17, 15) is 0 Å². The third kappa shape index (κ3) is 2.38. The molecule has 0 aromatic heterocycles. The van der Waals surface area contributed by atoms with Gasteiger partial charge < -0.3 is 0 Å². The van der Waals surface area contributed by atoms with Crippen molar-refractivity contribution in [1.29, 1.82) is 0 Å². The van der Waals surface area contributed by atoms with Gasteiger partial charge in [-0.25, -0.2) is 0 Å². The van der Waals surface area contributed by atoms with Crippen LogP contribution in [0.4, 0.5) is 0 Å². The van der Waals surface area contributed by atoms with Crippen molar-refractivity contribution in [2.24, 2.45) is 10.2 Å². The van der Waals surface area contributed by atoms with E-state index in [1.54, 1.807) is 0 Å². The van der Waals surface area contributed by atoms with Crippen LogP contribution < -0.4 is 0 Å². The average molecular weight is 264 g/mol. The van der Waals surface area contributed by atoms with Gasteiger partial charge in [-0.3, -0.25) is 0 Å². The number of benzene rings is 2. The Bertz CT molecular complexity index is 633. The van der Waals surface area contributed by atoms with E-state index in [0.29, 0.717) is 6.54 Å². The number of hydrogen-bond acceptors (Lipinski definition) is 2. The topological polar surface area (TPSA) is 24.7 Å². The largest absolute Gasteiger partial charge is 0.188 e. The van der Waals surface area contributed by atoms with Crippen LogP contribution in [0.15, 0.2) is 58.8 Å². The fourth-order valence-electron chi connectivity index (χ4n) is 2.62. The molecule has 1 atom stereocenters. The number of azo groups is 1. The van der Waals surface area contributed by atoms with Crippen LogP contribution >= 0.6 is 0 Å². The van der Waals surface area contributed by atoms with Gasteiger partial charge >= 0.3 is 0 Å². The molecule has 0 spiro atoms. The molecule has 1 aliphatic heterocycles. The second-order valence-electron chi connectivity index (χ2n) is 6.39. The van der Waals surface area contributed by atoms with Gasteiger partial charge in [-0.15, -0.1) is 0 Å². The molecular weight excluding hydrogens is 244 g/mol. The molecular formula is C18H20N2. The first-order valence-corrected chi connectivity index (χ1v) is 7.10. The molecule has 20 heavy (non-hydrogen) atoms. The zero-order valence-electron chi connectivity index (χ0n) is 12.3. The van der Waals surface area contributed by atoms with Crippen LogP contribution in [0.1, 0.15) is 49.1 Å². The lowest BCUT2D eigenvalue weighted by Crippen LogP contribution is -2.11. The highest BCUT2D eigenvalue weighted by Crippen LogP contribution is 2.33. The van der Waals surface area contributed by atoms with Crippen LogP contribution in [0.3, 0.4) is 0 Å². The highest BCUT2D eigenvalue weighted by molar-refractivity contribution is 5.40. The second-order valence-corrected chi connectivity index (χ2v) is 6.39. The Hall–Kier alpha value is -1.96. The minimum absolute atomic E-state index is 0.0500. The Labute approximate surface area is 120 Å². The van der Waals surface area contributed by atoms with E-state index >= 15 is 0 Å². The summed E-state index contributed by atoms with van der Waals surface area (Å²) in [6, 6.07) is 17.3. The van der Waals surface area contributed by atoms with Crippen molar-refractivity contribution in [2.75, 3.05) is 0 Å². The molecule has 0 aliphatic carbocycles. The predicted molar refractivity (Wildman–Crippen MR) is 82.0 cm³/mol. The summed E-state index contributed by atoms with van der Waals surface area (Å²) < 4.78 is 0.